The molecule has 0 unspecified atom stereocenters. The van der Waals surface area contributed by atoms with Crippen molar-refractivity contribution in [2.24, 2.45) is 0 Å². The highest BCUT2D eigenvalue weighted by molar-refractivity contribution is 14.1. The molecule has 0 aromatic heterocycles. The van der Waals surface area contributed by atoms with E-state index in [0.717, 1.165) is 14.7 Å². The monoisotopic (exact) mass is 523 g/mol. The predicted octanol–water partition coefficient (Wildman–Crippen LogP) is 7.38. The quantitative estimate of drug-likeness (QED) is 0.198. The van der Waals surface area contributed by atoms with Gasteiger partial charge in [-0.15, -0.1) is 0 Å². The Balaban J connectivity index is 1.80. The fourth-order valence-corrected chi connectivity index (χ4v) is 3.69. The first-order valence-corrected chi connectivity index (χ1v) is 10.0. The van der Waals surface area contributed by atoms with Gasteiger partial charge in [0.05, 0.1) is 15.2 Å². The van der Waals surface area contributed by atoms with Gasteiger partial charge in [0.2, 0.25) is 0 Å². The number of rotatable bonds is 5. The van der Waals surface area contributed by atoms with Crippen molar-refractivity contribution in [2.45, 2.75) is 6.61 Å². The molecule has 0 N–H and O–H groups in total. The minimum Gasteiger partial charge on any atom is -0.488 e. The average molecular weight is 524 g/mol. The van der Waals surface area contributed by atoms with Crippen LogP contribution in [-0.4, -0.2) is 0 Å². The normalized spacial score (nSPS) is 11.2. The molecule has 2 nitrogen and oxygen atoms in total. The average Bonchev–Trinajstić information content (AvgIpc) is 2.67. The Labute approximate surface area is 186 Å². The van der Waals surface area contributed by atoms with Crippen molar-refractivity contribution in [1.82, 2.24) is 0 Å². The molecule has 0 aliphatic carbocycles. The van der Waals surface area contributed by atoms with Crippen molar-refractivity contribution in [3.8, 4) is 11.8 Å². The van der Waals surface area contributed by atoms with Crippen LogP contribution >= 0.6 is 45.8 Å². The van der Waals surface area contributed by atoms with Crippen LogP contribution in [0, 0.1) is 20.7 Å². The van der Waals surface area contributed by atoms with Gasteiger partial charge in [0.1, 0.15) is 18.2 Å². The molecule has 3 rings (SSSR count). The lowest BCUT2D eigenvalue weighted by atomic mass is 10.0. The van der Waals surface area contributed by atoms with E-state index >= 15 is 0 Å². The van der Waals surface area contributed by atoms with Crippen LogP contribution in [0.25, 0.3) is 11.6 Å². The summed E-state index contributed by atoms with van der Waals surface area (Å²) in [6.45, 7) is 0.305. The van der Waals surface area contributed by atoms with Gasteiger partial charge in [0, 0.05) is 21.2 Å². The molecule has 0 spiro atoms. The fraction of sp³-hybridized carbons (Fsp3) is 0.0455. The van der Waals surface area contributed by atoms with Crippen LogP contribution < -0.4 is 4.74 Å². The molecular weight excluding hydrogens is 511 g/mol. The highest BCUT2D eigenvalue weighted by atomic mass is 127. The smallest absolute Gasteiger partial charge is 0.133 e. The van der Waals surface area contributed by atoms with Crippen LogP contribution in [0.5, 0.6) is 5.75 Å². The van der Waals surface area contributed by atoms with Gasteiger partial charge in [-0.25, -0.2) is 4.39 Å². The third kappa shape index (κ3) is 5.05. The van der Waals surface area contributed by atoms with Crippen molar-refractivity contribution in [3.63, 3.8) is 0 Å². The van der Waals surface area contributed by atoms with Crippen molar-refractivity contribution in [3.05, 3.63) is 96.8 Å². The van der Waals surface area contributed by atoms with Gasteiger partial charge >= 0.3 is 0 Å². The first-order valence-electron chi connectivity index (χ1n) is 8.21. The fourth-order valence-electron chi connectivity index (χ4n) is 2.53. The van der Waals surface area contributed by atoms with Crippen molar-refractivity contribution in [1.29, 1.82) is 5.26 Å². The Kier molecular flexibility index (Phi) is 6.95. The maximum atomic E-state index is 14.0. The molecule has 6 heteroatoms. The number of ether oxygens (including phenoxy) is 1. The van der Waals surface area contributed by atoms with Crippen LogP contribution in [-0.2, 0) is 6.61 Å². The van der Waals surface area contributed by atoms with Crippen LogP contribution in [0.1, 0.15) is 16.7 Å². The lowest BCUT2D eigenvalue weighted by Crippen LogP contribution is -1.98. The summed E-state index contributed by atoms with van der Waals surface area (Å²) >= 11 is 14.2. The van der Waals surface area contributed by atoms with Crippen molar-refractivity contribution < 1.29 is 9.13 Å². The van der Waals surface area contributed by atoms with E-state index in [-0.39, 0.29) is 11.1 Å². The van der Waals surface area contributed by atoms with Crippen molar-refractivity contribution in [2.75, 3.05) is 0 Å². The zero-order chi connectivity index (χ0) is 20.1. The summed E-state index contributed by atoms with van der Waals surface area (Å²) in [5.41, 5.74) is 2.14. The molecule has 0 saturated heterocycles. The lowest BCUT2D eigenvalue weighted by molar-refractivity contribution is 0.304. The van der Waals surface area contributed by atoms with Gasteiger partial charge in [-0.3, -0.25) is 0 Å². The van der Waals surface area contributed by atoms with Gasteiger partial charge in [0.25, 0.3) is 0 Å². The second kappa shape index (κ2) is 9.42. The lowest BCUT2D eigenvalue weighted by Gasteiger charge is -2.10. The van der Waals surface area contributed by atoms with E-state index in [2.05, 4.69) is 28.7 Å². The Morgan fingerprint density at radius 2 is 1.89 bits per heavy atom. The maximum Gasteiger partial charge on any atom is 0.133 e. The van der Waals surface area contributed by atoms with E-state index in [4.69, 9.17) is 27.9 Å². The van der Waals surface area contributed by atoms with E-state index in [1.807, 2.05) is 24.3 Å². The van der Waals surface area contributed by atoms with Gasteiger partial charge < -0.3 is 4.74 Å². The van der Waals surface area contributed by atoms with Crippen molar-refractivity contribution >= 4 is 57.4 Å². The Hall–Kier alpha value is -2.07. The van der Waals surface area contributed by atoms with E-state index in [9.17, 15) is 9.65 Å². The third-order valence-corrected chi connectivity index (χ3v) is 5.38. The molecule has 3 aromatic rings. The molecule has 0 bridgehead atoms. The van der Waals surface area contributed by atoms with Gasteiger partial charge in [-0.2, -0.15) is 5.26 Å². The summed E-state index contributed by atoms with van der Waals surface area (Å²) < 4.78 is 20.7. The molecular formula is C22H13Cl2FINO. The number of allylic oxidation sites excluding steroid dienone is 1. The number of benzene rings is 3. The Morgan fingerprint density at radius 1 is 1.11 bits per heavy atom. The topological polar surface area (TPSA) is 33.0 Å². The van der Waals surface area contributed by atoms with E-state index < -0.39 is 5.82 Å². The van der Waals surface area contributed by atoms with Crippen LogP contribution in [0.15, 0.2) is 60.7 Å². The maximum absolute atomic E-state index is 14.0. The number of hydrogen-bond donors (Lipinski definition) is 0. The minimum absolute atomic E-state index is 0.260. The Morgan fingerprint density at radius 3 is 2.57 bits per heavy atom. The van der Waals surface area contributed by atoms with Crippen LogP contribution in [0.2, 0.25) is 10.0 Å². The molecule has 3 aromatic carbocycles. The van der Waals surface area contributed by atoms with Gasteiger partial charge in [0.15, 0.2) is 0 Å². The van der Waals surface area contributed by atoms with E-state index in [0.29, 0.717) is 22.4 Å². The number of nitrogens with zero attached hydrogens (tertiary/aromatic N) is 1. The summed E-state index contributed by atoms with van der Waals surface area (Å²) in [6.07, 6.45) is 1.65. The van der Waals surface area contributed by atoms with E-state index in [1.165, 1.54) is 6.07 Å². The highest BCUT2D eigenvalue weighted by Crippen LogP contribution is 2.28. The second-order valence-electron chi connectivity index (χ2n) is 5.86. The molecule has 0 heterocycles. The number of hydrogen-bond acceptors (Lipinski definition) is 2. The largest absolute Gasteiger partial charge is 0.488 e. The first-order chi connectivity index (χ1) is 13.5. The molecule has 140 valence electrons. The number of nitriles is 1. The second-order valence-corrected chi connectivity index (χ2v) is 7.87. The highest BCUT2D eigenvalue weighted by Gasteiger charge is 2.09. The zero-order valence-corrected chi connectivity index (χ0v) is 18.1. The SMILES string of the molecule is N#C/C(=C/c1ccc(OCc2ccc(Cl)cc2Cl)c(I)c1)c1ccccc1F. The molecule has 0 amide bonds. The van der Waals surface area contributed by atoms with Gasteiger partial charge in [-0.1, -0.05) is 53.5 Å². The van der Waals surface area contributed by atoms with Gasteiger partial charge in [-0.05, 0) is 64.6 Å². The standard InChI is InChI=1S/C22H13Cl2FINO/c23-17-7-6-15(19(24)11-17)13-28-22-8-5-14(10-21(22)26)9-16(12-27)18-3-1-2-4-20(18)25/h1-11H,13H2/b16-9-. The first kappa shape index (κ1) is 20.7. The minimum atomic E-state index is -0.426. The molecule has 0 radical (unpaired) electrons. The van der Waals surface area contributed by atoms with E-state index in [1.54, 1.807) is 36.4 Å². The predicted molar refractivity (Wildman–Crippen MR) is 120 cm³/mol. The summed E-state index contributed by atoms with van der Waals surface area (Å²) in [7, 11) is 0. The molecule has 28 heavy (non-hydrogen) atoms. The van der Waals surface area contributed by atoms with Crippen LogP contribution in [0.4, 0.5) is 4.39 Å². The zero-order valence-electron chi connectivity index (χ0n) is 14.4. The molecule has 0 fully saturated rings. The van der Waals surface area contributed by atoms with Crippen LogP contribution in [0.3, 0.4) is 0 Å². The summed E-state index contributed by atoms with van der Waals surface area (Å²) in [4.78, 5) is 0. The molecule has 0 atom stereocenters. The molecule has 0 saturated carbocycles. The number of halogens is 4. The molecule has 0 aliphatic heterocycles. The summed E-state index contributed by atoms with van der Waals surface area (Å²) in [5.74, 6) is 0.262. The molecule has 0 aliphatic rings. The summed E-state index contributed by atoms with van der Waals surface area (Å²) in [5, 5.41) is 10.5. The Bertz CT molecular complexity index is 1090. The third-order valence-electron chi connectivity index (χ3n) is 3.95. The summed E-state index contributed by atoms with van der Waals surface area (Å²) in [6, 6.07) is 19.0.